The number of methoxy groups -OCH3 is 5. The molecule has 0 atom stereocenters. The molecule has 15 rings (SSSR count). The van der Waals surface area contributed by atoms with Crippen molar-refractivity contribution >= 4 is 62.0 Å². The molecule has 9 aromatic carbocycles. The summed E-state index contributed by atoms with van der Waals surface area (Å²) < 4.78 is 127. The second-order valence-corrected chi connectivity index (χ2v) is 31.0. The Morgan fingerprint density at radius 1 is 0.369 bits per heavy atom. The number of hydrogen-bond donors (Lipinski definition) is 3. The number of nitrogens with one attached hydrogen (secondary N) is 2. The van der Waals surface area contributed by atoms with Crippen LogP contribution in [0.2, 0.25) is 0 Å². The van der Waals surface area contributed by atoms with Crippen molar-refractivity contribution in [2.45, 2.75) is 60.0 Å². The van der Waals surface area contributed by atoms with Crippen LogP contribution >= 0.6 is 0 Å². The predicted molar refractivity (Wildman–Crippen MR) is 481 cm³/mol. The molecule has 31 nitrogen and oxygen atoms in total. The van der Waals surface area contributed by atoms with Crippen LogP contribution in [-0.2, 0) is 58.3 Å². The first kappa shape index (κ1) is 92.6. The van der Waals surface area contributed by atoms with E-state index in [9.17, 15) is 42.7 Å². The Morgan fingerprint density at radius 2 is 0.631 bits per heavy atom. The molecule has 0 spiro atoms. The second kappa shape index (κ2) is 39.5. The first-order chi connectivity index (χ1) is 62.2. The van der Waals surface area contributed by atoms with Gasteiger partial charge in [0.25, 0.3) is 16.7 Å². The van der Waals surface area contributed by atoms with Crippen LogP contribution in [-0.4, -0.2) is 174 Å². The van der Waals surface area contributed by atoms with Crippen molar-refractivity contribution in [3.63, 3.8) is 0 Å². The summed E-state index contributed by atoms with van der Waals surface area (Å²) in [6, 6.07) is 46.5. The maximum atomic E-state index is 15.6. The quantitative estimate of drug-likeness (QED) is 0.0318. The average Bonchev–Trinajstić information content (AvgIpc) is 1.56. The Morgan fingerprint density at radius 3 is 0.877 bits per heavy atom. The van der Waals surface area contributed by atoms with Crippen LogP contribution in [0.5, 0.6) is 17.2 Å². The van der Waals surface area contributed by atoms with Crippen LogP contribution in [0.15, 0.2) is 211 Å². The fraction of sp³-hybridized carbons (Fsp3) is 0.237. The molecule has 0 bridgehead atoms. The lowest BCUT2D eigenvalue weighted by atomic mass is 10.1. The van der Waals surface area contributed by atoms with E-state index >= 15 is 22.0 Å². The highest BCUT2D eigenvalue weighted by Gasteiger charge is 2.32. The molecule has 0 unspecified atom stereocenters. The number of anilines is 3. The van der Waals surface area contributed by atoms with Crippen molar-refractivity contribution in [3.8, 4) is 51.4 Å². The molecule has 0 saturated heterocycles. The summed E-state index contributed by atoms with van der Waals surface area (Å²) in [6.45, 7) is 4.80. The molecule has 0 aliphatic rings. The van der Waals surface area contributed by atoms with Crippen LogP contribution in [0, 0.1) is 55.7 Å². The second-order valence-electron chi connectivity index (χ2n) is 31.0. The average molecular weight is 1780 g/mol. The van der Waals surface area contributed by atoms with Crippen molar-refractivity contribution in [2.24, 2.45) is 0 Å². The third-order valence-electron chi connectivity index (χ3n) is 21.3. The molecule has 37 heteroatoms. The number of carbonyl (C=O) groups is 2. The lowest BCUT2D eigenvalue weighted by Gasteiger charge is -2.15. The smallest absolute Gasteiger partial charge is 0.337 e. The van der Waals surface area contributed by atoms with Crippen LogP contribution in [0.25, 0.3) is 67.2 Å². The van der Waals surface area contributed by atoms with Gasteiger partial charge in [-0.25, -0.2) is 68.5 Å². The van der Waals surface area contributed by atoms with Gasteiger partial charge in [-0.2, -0.15) is 0 Å². The van der Waals surface area contributed by atoms with Crippen LogP contribution in [0.1, 0.15) is 50.5 Å². The van der Waals surface area contributed by atoms with E-state index in [2.05, 4.69) is 10.6 Å². The lowest BCUT2D eigenvalue weighted by molar-refractivity contribution is -0.120. The highest BCUT2D eigenvalue weighted by molar-refractivity contribution is 5.92. The minimum absolute atomic E-state index is 0.00142. The van der Waals surface area contributed by atoms with Gasteiger partial charge < -0.3 is 54.8 Å². The van der Waals surface area contributed by atoms with E-state index < -0.39 is 68.7 Å². The third-order valence-corrected chi connectivity index (χ3v) is 21.3. The molecule has 0 radical (unpaired) electrons. The molecule has 0 aliphatic carbocycles. The van der Waals surface area contributed by atoms with Crippen molar-refractivity contribution in [1.29, 1.82) is 0 Å². The van der Waals surface area contributed by atoms with Gasteiger partial charge in [-0.3, -0.25) is 37.7 Å². The minimum atomic E-state index is -0.903. The van der Waals surface area contributed by atoms with E-state index in [1.165, 1.54) is 131 Å². The summed E-state index contributed by atoms with van der Waals surface area (Å²) in [4.78, 5) is 114. The Kier molecular flexibility index (Phi) is 28.1. The van der Waals surface area contributed by atoms with Gasteiger partial charge in [0.1, 0.15) is 46.8 Å². The van der Waals surface area contributed by atoms with E-state index in [4.69, 9.17) is 44.7 Å². The lowest BCUT2D eigenvalue weighted by Crippen LogP contribution is -2.40. The number of ether oxygens (including phenoxy) is 5. The van der Waals surface area contributed by atoms with Crippen LogP contribution < -0.4 is 64.3 Å². The van der Waals surface area contributed by atoms with Gasteiger partial charge >= 0.3 is 17.1 Å². The Bertz CT molecular complexity index is 6890. The minimum Gasteiger partial charge on any atom is -0.494 e. The van der Waals surface area contributed by atoms with Gasteiger partial charge in [-0.05, 0) is 207 Å². The fourth-order valence-corrected chi connectivity index (χ4v) is 15.0. The van der Waals surface area contributed by atoms with Gasteiger partial charge in [0, 0.05) is 67.6 Å². The van der Waals surface area contributed by atoms with Crippen LogP contribution in [0.4, 0.5) is 43.4 Å². The van der Waals surface area contributed by atoms with E-state index in [0.29, 0.717) is 67.9 Å². The van der Waals surface area contributed by atoms with Gasteiger partial charge in [0.2, 0.25) is 11.8 Å². The summed E-state index contributed by atoms with van der Waals surface area (Å²) in [5.74, 6) is -5.39. The summed E-state index contributed by atoms with van der Waals surface area (Å²) in [6.07, 6.45) is 0. The Labute approximate surface area is 738 Å². The van der Waals surface area contributed by atoms with Gasteiger partial charge in [0.05, 0.1) is 92.2 Å². The van der Waals surface area contributed by atoms with Gasteiger partial charge in [-0.15, -0.1) is 15.3 Å². The van der Waals surface area contributed by atoms with E-state index in [1.807, 2.05) is 28.8 Å². The van der Waals surface area contributed by atoms with Gasteiger partial charge in [0.15, 0.2) is 51.6 Å². The molecule has 6 heterocycles. The topological polar surface area (TPSA) is 326 Å². The molecule has 0 fully saturated rings. The SMILES string of the molecule is COCC(=O)Nc1ccc(-n2nc3c(c2CN(C)C)c(=O)n(-c2cccc(OC)c2F)c(=O)n3Cc2c(C)cccc2F)cc1.COCC(=O)Nc1ccc(-n2nc3c(c2CN(C)C)c(=O)n(-c2cccc(OC)c2F)c(=O)n3Cc2c(C)cccc2F)cc1.COc1cccc(-n2c(=O)c3c(CN(C)C)n(-c4ccc(N)cc4)nc3n(Cc3c(C)cccc3F)c2=O)c1F. The highest BCUT2D eigenvalue weighted by Crippen LogP contribution is 2.32. The Balaban J connectivity index is 0.000000167. The number of nitrogens with two attached hydrogens (primary N) is 1. The number of aromatic nitrogens is 12. The zero-order valence-electron chi connectivity index (χ0n) is 73.3. The number of nitrogen functional groups attached to an aromatic ring is 1. The maximum Gasteiger partial charge on any atom is 0.337 e. The number of fused-ring (bicyclic) bond motifs is 3. The molecule has 2 amide bonds. The molecule has 4 N–H and O–H groups in total. The zero-order chi connectivity index (χ0) is 93.5. The first-order valence-electron chi connectivity index (χ1n) is 40.3. The van der Waals surface area contributed by atoms with Crippen molar-refractivity contribution in [1.82, 2.24) is 71.4 Å². The predicted octanol–water partition coefficient (Wildman–Crippen LogP) is 10.9. The zero-order valence-corrected chi connectivity index (χ0v) is 73.3. The number of benzene rings is 9. The molecule has 0 aliphatic heterocycles. The summed E-state index contributed by atoms with van der Waals surface area (Å²) >= 11 is 0. The number of amides is 2. The van der Waals surface area contributed by atoms with E-state index in [1.54, 1.807) is 163 Å². The van der Waals surface area contributed by atoms with Gasteiger partial charge in [-0.1, -0.05) is 54.6 Å². The number of rotatable bonds is 27. The fourth-order valence-electron chi connectivity index (χ4n) is 15.0. The van der Waals surface area contributed by atoms with Crippen molar-refractivity contribution in [2.75, 3.05) is 107 Å². The van der Waals surface area contributed by atoms with E-state index in [0.717, 1.165) is 13.7 Å². The molecular weight excluding hydrogens is 1690 g/mol. The normalized spacial score (nSPS) is 11.4. The molecular formula is C93H92F6N18O13. The molecule has 674 valence electrons. The molecule has 6 aromatic heterocycles. The third kappa shape index (κ3) is 18.7. The molecule has 130 heavy (non-hydrogen) atoms. The highest BCUT2D eigenvalue weighted by atomic mass is 19.1. The van der Waals surface area contributed by atoms with Crippen molar-refractivity contribution < 1.29 is 59.6 Å². The van der Waals surface area contributed by atoms with Crippen molar-refractivity contribution in [3.05, 3.63) is 330 Å². The van der Waals surface area contributed by atoms with E-state index in [-0.39, 0.29) is 148 Å². The van der Waals surface area contributed by atoms with Crippen LogP contribution in [0.3, 0.4) is 0 Å². The number of halogens is 6. The molecule has 0 saturated carbocycles. The number of hydrogen-bond acceptors (Lipinski definition) is 20. The maximum absolute atomic E-state index is 15.6. The monoisotopic (exact) mass is 1780 g/mol. The standard InChI is InChI=1S/2C32H32F2N6O5.C29H28F2N6O3/c2*1-19-8-6-9-23(33)22(19)16-38-30-28(31(42)39(32(38)43)24-10-7-11-26(45-5)29(24)34)25(17-37(2)3)40(36-30)21-14-12-20(13-15-21)35-27(41)18-44-4;1-17-7-5-8-21(30)20(17)15-35-27-25(23(16-34(2)3)37(33-27)19-13-11-18(32)12-14-19)28(38)36(29(35)39)22-9-6-10-24(40-4)26(22)31/h2*6-15H,16-18H2,1-5H3,(H,35,41);5-14H,15-16,32H2,1-4H3. The summed E-state index contributed by atoms with van der Waals surface area (Å²) in [5, 5.41) is 19.8. The Hall–Kier alpha value is -15.1. The summed E-state index contributed by atoms with van der Waals surface area (Å²) in [7, 11) is 17.5. The largest absolute Gasteiger partial charge is 0.494 e. The number of nitrogens with zero attached hydrogens (tertiary/aromatic N) is 15. The summed E-state index contributed by atoms with van der Waals surface area (Å²) in [5.41, 5.74) is 6.94. The number of aryl methyl sites for hydroxylation is 3. The number of carbonyl (C=O) groups excluding carboxylic acids is 2. The first-order valence-corrected chi connectivity index (χ1v) is 40.3. The molecule has 15 aromatic rings.